The summed E-state index contributed by atoms with van der Waals surface area (Å²) in [5.74, 6) is 0.181. The zero-order chi connectivity index (χ0) is 20.1. The quantitative estimate of drug-likeness (QED) is 0.391. The normalized spacial score (nSPS) is 10.5. The number of hydrogen-bond donors (Lipinski definition) is 1. The number of thioether (sulfide) groups is 1. The van der Waals surface area contributed by atoms with Gasteiger partial charge in [-0.05, 0) is 49.2 Å². The third-order valence-corrected chi connectivity index (χ3v) is 5.04. The van der Waals surface area contributed by atoms with E-state index in [1.54, 1.807) is 35.2 Å². The van der Waals surface area contributed by atoms with Gasteiger partial charge in [-0.2, -0.15) is 0 Å². The van der Waals surface area contributed by atoms with Crippen molar-refractivity contribution in [2.45, 2.75) is 19.0 Å². The fourth-order valence-electron chi connectivity index (χ4n) is 2.53. The molecular formula is C20H20N4O3S. The van der Waals surface area contributed by atoms with Gasteiger partial charge in [-0.1, -0.05) is 30.0 Å². The number of nitrogens with zero attached hydrogens (tertiary/aromatic N) is 3. The molecule has 0 atom stereocenters. The van der Waals surface area contributed by atoms with Crippen LogP contribution in [0.5, 0.6) is 5.75 Å². The van der Waals surface area contributed by atoms with Crippen LogP contribution in [0.3, 0.4) is 0 Å². The van der Waals surface area contributed by atoms with Crippen molar-refractivity contribution in [2.24, 2.45) is 7.05 Å². The van der Waals surface area contributed by atoms with Crippen molar-refractivity contribution in [2.75, 3.05) is 11.1 Å². The number of carbonyl (C=O) groups is 2. The summed E-state index contributed by atoms with van der Waals surface area (Å²) in [7, 11) is 1.82. The third kappa shape index (κ3) is 4.77. The minimum Gasteiger partial charge on any atom is -0.422 e. The van der Waals surface area contributed by atoms with Crippen LogP contribution in [0.4, 0.5) is 5.69 Å². The molecule has 0 radical (unpaired) electrons. The molecule has 0 aliphatic carbocycles. The highest BCUT2D eigenvalue weighted by Gasteiger charge is 2.13. The van der Waals surface area contributed by atoms with Crippen LogP contribution in [0.1, 0.15) is 21.5 Å². The van der Waals surface area contributed by atoms with Gasteiger partial charge in [0, 0.05) is 12.7 Å². The first-order valence-corrected chi connectivity index (χ1v) is 9.57. The average molecular weight is 396 g/mol. The SMILES string of the molecule is Cc1cccc(C)c1OC(=O)c1ccc(NC(=O)CSc2nncn2C)cc1. The number of para-hydroxylation sites is 1. The molecule has 0 aliphatic rings. The number of ether oxygens (including phenoxy) is 1. The zero-order valence-corrected chi connectivity index (χ0v) is 16.6. The molecule has 2 aromatic carbocycles. The molecular weight excluding hydrogens is 376 g/mol. The van der Waals surface area contributed by atoms with Crippen LogP contribution in [0, 0.1) is 13.8 Å². The van der Waals surface area contributed by atoms with Crippen molar-refractivity contribution in [3.05, 3.63) is 65.5 Å². The summed E-state index contributed by atoms with van der Waals surface area (Å²) >= 11 is 1.30. The number of esters is 1. The standard InChI is InChI=1S/C20H20N4O3S/c1-13-5-4-6-14(2)18(13)27-19(26)15-7-9-16(10-8-15)22-17(25)11-28-20-23-21-12-24(20)3/h4-10,12H,11H2,1-3H3,(H,22,25). The van der Waals surface area contributed by atoms with Gasteiger partial charge in [0.05, 0.1) is 11.3 Å². The Kier molecular flexibility index (Phi) is 6.10. The lowest BCUT2D eigenvalue weighted by Gasteiger charge is -2.10. The molecule has 3 rings (SSSR count). The smallest absolute Gasteiger partial charge is 0.343 e. The van der Waals surface area contributed by atoms with Gasteiger partial charge in [0.1, 0.15) is 12.1 Å². The molecule has 7 nitrogen and oxygen atoms in total. The number of anilines is 1. The fraction of sp³-hybridized carbons (Fsp3) is 0.200. The van der Waals surface area contributed by atoms with E-state index in [1.165, 1.54) is 11.8 Å². The molecule has 1 N–H and O–H groups in total. The fourth-order valence-corrected chi connectivity index (χ4v) is 3.22. The second-order valence-corrected chi connectivity index (χ2v) is 7.19. The van der Waals surface area contributed by atoms with Crippen molar-refractivity contribution in [3.8, 4) is 5.75 Å². The van der Waals surface area contributed by atoms with Gasteiger partial charge >= 0.3 is 5.97 Å². The maximum atomic E-state index is 12.4. The Bertz CT molecular complexity index is 979. The molecule has 0 saturated carbocycles. The monoisotopic (exact) mass is 396 g/mol. The molecule has 0 bridgehead atoms. The minimum absolute atomic E-state index is 0.168. The molecule has 28 heavy (non-hydrogen) atoms. The molecule has 0 unspecified atom stereocenters. The van der Waals surface area contributed by atoms with E-state index in [4.69, 9.17) is 4.74 Å². The molecule has 0 saturated heterocycles. The third-order valence-electron chi connectivity index (χ3n) is 4.01. The summed E-state index contributed by atoms with van der Waals surface area (Å²) in [5, 5.41) is 11.1. The summed E-state index contributed by atoms with van der Waals surface area (Å²) < 4.78 is 7.27. The van der Waals surface area contributed by atoms with Gasteiger partial charge in [-0.3, -0.25) is 4.79 Å². The Morgan fingerprint density at radius 2 is 1.79 bits per heavy atom. The Labute approximate surface area is 167 Å². The highest BCUT2D eigenvalue weighted by atomic mass is 32.2. The second-order valence-electron chi connectivity index (χ2n) is 6.25. The van der Waals surface area contributed by atoms with Crippen molar-refractivity contribution in [3.63, 3.8) is 0 Å². The number of carbonyl (C=O) groups excluding carboxylic acids is 2. The van der Waals surface area contributed by atoms with E-state index in [0.717, 1.165) is 11.1 Å². The van der Waals surface area contributed by atoms with Crippen LogP contribution in [-0.2, 0) is 11.8 Å². The van der Waals surface area contributed by atoms with E-state index in [9.17, 15) is 9.59 Å². The number of hydrogen-bond acceptors (Lipinski definition) is 6. The summed E-state index contributed by atoms with van der Waals surface area (Å²) in [6.45, 7) is 3.79. The number of benzene rings is 2. The van der Waals surface area contributed by atoms with Crippen LogP contribution in [0.2, 0.25) is 0 Å². The van der Waals surface area contributed by atoms with Crippen molar-refractivity contribution < 1.29 is 14.3 Å². The van der Waals surface area contributed by atoms with Gasteiger partial charge in [0.2, 0.25) is 5.91 Å². The molecule has 0 spiro atoms. The molecule has 3 aromatic rings. The minimum atomic E-state index is -0.437. The van der Waals surface area contributed by atoms with E-state index in [-0.39, 0.29) is 11.7 Å². The summed E-state index contributed by atoms with van der Waals surface area (Å²) in [5.41, 5.74) is 2.82. The van der Waals surface area contributed by atoms with Gasteiger partial charge in [0.25, 0.3) is 0 Å². The van der Waals surface area contributed by atoms with Crippen LogP contribution < -0.4 is 10.1 Å². The lowest BCUT2D eigenvalue weighted by atomic mass is 10.1. The van der Waals surface area contributed by atoms with E-state index in [0.29, 0.717) is 22.2 Å². The highest BCUT2D eigenvalue weighted by Crippen LogP contribution is 2.24. The van der Waals surface area contributed by atoms with E-state index < -0.39 is 5.97 Å². The lowest BCUT2D eigenvalue weighted by Crippen LogP contribution is -2.15. The van der Waals surface area contributed by atoms with Crippen LogP contribution in [-0.4, -0.2) is 32.4 Å². The zero-order valence-electron chi connectivity index (χ0n) is 15.8. The van der Waals surface area contributed by atoms with Crippen molar-refractivity contribution in [1.29, 1.82) is 0 Å². The summed E-state index contributed by atoms with van der Waals surface area (Å²) in [6, 6.07) is 12.3. The Hall–Kier alpha value is -3.13. The first-order valence-electron chi connectivity index (χ1n) is 8.59. The number of amides is 1. The predicted octanol–water partition coefficient (Wildman–Crippen LogP) is 3.38. The lowest BCUT2D eigenvalue weighted by molar-refractivity contribution is -0.113. The first-order chi connectivity index (χ1) is 13.4. The summed E-state index contributed by atoms with van der Waals surface area (Å²) in [6.07, 6.45) is 1.58. The molecule has 0 aliphatic heterocycles. The van der Waals surface area contributed by atoms with E-state index in [1.807, 2.05) is 39.1 Å². The maximum absolute atomic E-state index is 12.4. The number of aryl methyl sites for hydroxylation is 3. The second kappa shape index (κ2) is 8.71. The molecule has 0 fully saturated rings. The van der Waals surface area contributed by atoms with Gasteiger partial charge in [-0.15, -0.1) is 10.2 Å². The number of nitrogens with one attached hydrogen (secondary N) is 1. The van der Waals surface area contributed by atoms with Crippen LogP contribution in [0.25, 0.3) is 0 Å². The topological polar surface area (TPSA) is 86.1 Å². The van der Waals surface area contributed by atoms with Crippen LogP contribution >= 0.6 is 11.8 Å². The Morgan fingerprint density at radius 3 is 2.39 bits per heavy atom. The Balaban J connectivity index is 1.57. The largest absolute Gasteiger partial charge is 0.422 e. The average Bonchev–Trinajstić information content (AvgIpc) is 3.08. The van der Waals surface area contributed by atoms with E-state index >= 15 is 0 Å². The maximum Gasteiger partial charge on any atom is 0.343 e. The Morgan fingerprint density at radius 1 is 1.11 bits per heavy atom. The van der Waals surface area contributed by atoms with Crippen LogP contribution in [0.15, 0.2) is 53.9 Å². The number of aromatic nitrogens is 3. The van der Waals surface area contributed by atoms with Gasteiger partial charge in [0.15, 0.2) is 5.16 Å². The molecule has 8 heteroatoms. The van der Waals surface area contributed by atoms with Gasteiger partial charge in [-0.25, -0.2) is 4.79 Å². The molecule has 1 amide bonds. The van der Waals surface area contributed by atoms with Crippen molar-refractivity contribution in [1.82, 2.24) is 14.8 Å². The van der Waals surface area contributed by atoms with E-state index in [2.05, 4.69) is 15.5 Å². The van der Waals surface area contributed by atoms with Gasteiger partial charge < -0.3 is 14.6 Å². The highest BCUT2D eigenvalue weighted by molar-refractivity contribution is 7.99. The first kappa shape index (κ1) is 19.6. The molecule has 1 aromatic heterocycles. The predicted molar refractivity (Wildman–Crippen MR) is 108 cm³/mol. The number of rotatable bonds is 6. The molecule has 144 valence electrons. The van der Waals surface area contributed by atoms with Crippen molar-refractivity contribution >= 4 is 29.3 Å². The summed E-state index contributed by atoms with van der Waals surface area (Å²) in [4.78, 5) is 24.5. The molecule has 1 heterocycles.